The predicted molar refractivity (Wildman–Crippen MR) is 146 cm³/mol. The molecule has 5 rings (SSSR count). The van der Waals surface area contributed by atoms with E-state index in [4.69, 9.17) is 0 Å². The first-order valence-electron chi connectivity index (χ1n) is 13.4. The van der Waals surface area contributed by atoms with E-state index in [0.717, 1.165) is 31.4 Å². The van der Waals surface area contributed by atoms with E-state index in [9.17, 15) is 13.5 Å². The lowest BCUT2D eigenvalue weighted by Gasteiger charge is -2.57. The van der Waals surface area contributed by atoms with Crippen molar-refractivity contribution in [1.82, 2.24) is 19.0 Å². The van der Waals surface area contributed by atoms with E-state index >= 15 is 0 Å². The number of benzene rings is 2. The molecule has 8 heteroatoms. The molecule has 2 saturated heterocycles. The first kappa shape index (κ1) is 26.1. The van der Waals surface area contributed by atoms with Crippen LogP contribution in [0.2, 0.25) is 0 Å². The Morgan fingerprint density at radius 1 is 1.03 bits per heavy atom. The number of hydrogen-bond donors (Lipinski definition) is 1. The number of aliphatic hydroxyl groups is 1. The highest BCUT2D eigenvalue weighted by Gasteiger charge is 2.50. The highest BCUT2D eigenvalue weighted by molar-refractivity contribution is 7.89. The van der Waals surface area contributed by atoms with E-state index in [0.29, 0.717) is 19.6 Å². The van der Waals surface area contributed by atoms with Gasteiger partial charge in [0.1, 0.15) is 0 Å². The molecule has 2 fully saturated rings. The van der Waals surface area contributed by atoms with Crippen LogP contribution in [0.1, 0.15) is 48.8 Å². The van der Waals surface area contributed by atoms with Crippen molar-refractivity contribution < 1.29 is 13.5 Å². The molecule has 0 unspecified atom stereocenters. The molecule has 2 aromatic carbocycles. The zero-order valence-electron chi connectivity index (χ0n) is 22.0. The molecule has 1 aromatic heterocycles. The topological polar surface area (TPSA) is 78.7 Å². The van der Waals surface area contributed by atoms with E-state index in [2.05, 4.69) is 66.3 Å². The second kappa shape index (κ2) is 10.7. The predicted octanol–water partition coefficient (Wildman–Crippen LogP) is 4.19. The molecule has 3 atom stereocenters. The fourth-order valence-electron chi connectivity index (χ4n) is 6.13. The van der Waals surface area contributed by atoms with Crippen molar-refractivity contribution >= 4 is 10.0 Å². The Kier molecular flexibility index (Phi) is 7.54. The van der Waals surface area contributed by atoms with Gasteiger partial charge in [-0.15, -0.1) is 0 Å². The van der Waals surface area contributed by atoms with Crippen molar-refractivity contribution in [2.45, 2.75) is 69.6 Å². The highest BCUT2D eigenvalue weighted by Crippen LogP contribution is 2.43. The number of hydrogen-bond acceptors (Lipinski definition) is 5. The molecule has 0 aliphatic carbocycles. The molecule has 2 aliphatic rings. The Hall–Kier alpha value is -2.52. The maximum Gasteiger partial charge on any atom is 0.260 e. The van der Waals surface area contributed by atoms with Crippen LogP contribution >= 0.6 is 0 Å². The Labute approximate surface area is 220 Å². The summed E-state index contributed by atoms with van der Waals surface area (Å²) in [6.07, 6.45) is 4.10. The lowest BCUT2D eigenvalue weighted by Crippen LogP contribution is -2.67. The maximum atomic E-state index is 13.7. The van der Waals surface area contributed by atoms with E-state index in [1.165, 1.54) is 22.3 Å². The van der Waals surface area contributed by atoms with Gasteiger partial charge in [-0.05, 0) is 73.5 Å². The van der Waals surface area contributed by atoms with Crippen molar-refractivity contribution in [1.29, 1.82) is 0 Å². The van der Waals surface area contributed by atoms with Crippen molar-refractivity contribution in [3.8, 4) is 11.1 Å². The third kappa shape index (κ3) is 4.76. The summed E-state index contributed by atoms with van der Waals surface area (Å²) in [5, 5.41) is 14.8. The summed E-state index contributed by atoms with van der Waals surface area (Å²) in [4.78, 5) is 2.31. The monoisotopic (exact) mass is 522 g/mol. The molecule has 37 heavy (non-hydrogen) atoms. The number of sulfonamides is 1. The highest BCUT2D eigenvalue weighted by atomic mass is 32.2. The minimum atomic E-state index is -3.67. The Morgan fingerprint density at radius 3 is 2.51 bits per heavy atom. The molecule has 0 bridgehead atoms. The van der Waals surface area contributed by atoms with Crippen LogP contribution in [0.5, 0.6) is 0 Å². The van der Waals surface area contributed by atoms with Crippen molar-refractivity contribution in [2.75, 3.05) is 26.2 Å². The number of aryl methyl sites for hydroxylation is 2. The minimum absolute atomic E-state index is 0.00447. The summed E-state index contributed by atoms with van der Waals surface area (Å²) in [6.45, 7) is 8.75. The molecule has 0 radical (unpaired) electrons. The molecule has 2 aliphatic heterocycles. The van der Waals surface area contributed by atoms with Gasteiger partial charge in [-0.2, -0.15) is 9.40 Å². The van der Waals surface area contributed by atoms with Crippen molar-refractivity contribution in [3.05, 3.63) is 71.4 Å². The van der Waals surface area contributed by atoms with Gasteiger partial charge in [0.15, 0.2) is 5.03 Å². The van der Waals surface area contributed by atoms with Crippen LogP contribution in [0.4, 0.5) is 0 Å². The normalized spacial score (nSPS) is 23.2. The summed E-state index contributed by atoms with van der Waals surface area (Å²) in [6, 6.07) is 16.7. The Bertz CT molecular complexity index is 1340. The van der Waals surface area contributed by atoms with Crippen LogP contribution in [-0.2, 0) is 16.6 Å². The molecule has 0 saturated carbocycles. The molecule has 1 N–H and O–H groups in total. The standard InChI is InChI=1S/C29H38N4O3S/c1-4-16-33-28(14-15-30-33)37(35,36)31-17-5-6-18-32-26(19-31)29(27(32)20-34)24-12-10-23(11-13-24)25-9-7-8-21(2)22(25)3/h7-15,26-27,29,34H,4-6,16-20H2,1-3H3/t26-,27+,29-/m0/s1. The Morgan fingerprint density at radius 2 is 1.78 bits per heavy atom. The van der Waals surface area contributed by atoms with Gasteiger partial charge in [0.05, 0.1) is 12.8 Å². The van der Waals surface area contributed by atoms with Gasteiger partial charge in [-0.3, -0.25) is 9.58 Å². The summed E-state index contributed by atoms with van der Waals surface area (Å²) >= 11 is 0. The second-order valence-corrected chi connectivity index (χ2v) is 12.3. The number of aliphatic hydroxyl groups excluding tert-OH is 1. The quantitative estimate of drug-likeness (QED) is 0.503. The first-order valence-corrected chi connectivity index (χ1v) is 14.9. The molecular formula is C29H38N4O3S. The van der Waals surface area contributed by atoms with Crippen molar-refractivity contribution in [3.63, 3.8) is 0 Å². The number of nitrogens with zero attached hydrogens (tertiary/aromatic N) is 4. The molecule has 0 spiro atoms. The van der Waals surface area contributed by atoms with Crippen LogP contribution in [0.3, 0.4) is 0 Å². The van der Waals surface area contributed by atoms with Gasteiger partial charge in [-0.25, -0.2) is 8.42 Å². The fourth-order valence-corrected chi connectivity index (χ4v) is 7.75. The van der Waals surface area contributed by atoms with E-state index in [-0.39, 0.29) is 29.6 Å². The largest absolute Gasteiger partial charge is 0.395 e. The number of rotatable bonds is 7. The van der Waals surface area contributed by atoms with Crippen LogP contribution < -0.4 is 0 Å². The molecule has 3 heterocycles. The average molecular weight is 523 g/mol. The van der Waals surface area contributed by atoms with Crippen LogP contribution in [0.25, 0.3) is 11.1 Å². The molecule has 7 nitrogen and oxygen atoms in total. The van der Waals surface area contributed by atoms with Gasteiger partial charge in [0.2, 0.25) is 0 Å². The minimum Gasteiger partial charge on any atom is -0.395 e. The summed E-state index contributed by atoms with van der Waals surface area (Å²) in [7, 11) is -3.67. The van der Waals surface area contributed by atoms with Gasteiger partial charge < -0.3 is 5.11 Å². The third-order valence-electron chi connectivity index (χ3n) is 8.26. The molecule has 3 aromatic rings. The van der Waals surface area contributed by atoms with E-state index in [1.807, 2.05) is 6.92 Å². The van der Waals surface area contributed by atoms with E-state index in [1.54, 1.807) is 21.3 Å². The van der Waals surface area contributed by atoms with Crippen LogP contribution in [0, 0.1) is 13.8 Å². The SMILES string of the molecule is CCCn1nccc1S(=O)(=O)N1CCCCN2[C@H](CO)[C@@H](c3ccc(-c4cccc(C)c4C)cc3)[C@@H]2C1. The number of aromatic nitrogens is 2. The molecular weight excluding hydrogens is 484 g/mol. The smallest absolute Gasteiger partial charge is 0.260 e. The third-order valence-corrected chi connectivity index (χ3v) is 10.1. The van der Waals surface area contributed by atoms with Crippen LogP contribution in [-0.4, -0.2) is 70.8 Å². The van der Waals surface area contributed by atoms with Gasteiger partial charge >= 0.3 is 0 Å². The lowest BCUT2D eigenvalue weighted by molar-refractivity contribution is -0.0554. The number of fused-ring (bicyclic) bond motifs is 1. The summed E-state index contributed by atoms with van der Waals surface area (Å²) in [5.41, 5.74) is 6.11. The van der Waals surface area contributed by atoms with Gasteiger partial charge in [0.25, 0.3) is 10.0 Å². The Balaban J connectivity index is 1.43. The summed E-state index contributed by atoms with van der Waals surface area (Å²) < 4.78 is 30.7. The van der Waals surface area contributed by atoms with Crippen molar-refractivity contribution in [2.24, 2.45) is 0 Å². The fraction of sp³-hybridized carbons (Fsp3) is 0.483. The first-order chi connectivity index (χ1) is 17.9. The molecule has 198 valence electrons. The van der Waals surface area contributed by atoms with Crippen LogP contribution in [0.15, 0.2) is 59.8 Å². The zero-order valence-corrected chi connectivity index (χ0v) is 22.9. The van der Waals surface area contributed by atoms with Gasteiger partial charge in [0, 0.05) is 37.6 Å². The second-order valence-electron chi connectivity index (χ2n) is 10.4. The zero-order chi connectivity index (χ0) is 26.2. The maximum absolute atomic E-state index is 13.7. The lowest BCUT2D eigenvalue weighted by atomic mass is 9.74. The summed E-state index contributed by atoms with van der Waals surface area (Å²) in [5.74, 6) is 0.0778. The average Bonchev–Trinajstić information content (AvgIpc) is 3.35. The van der Waals surface area contributed by atoms with E-state index < -0.39 is 10.0 Å². The van der Waals surface area contributed by atoms with Gasteiger partial charge in [-0.1, -0.05) is 49.4 Å². The molecule has 0 amide bonds.